The zero-order valence-electron chi connectivity index (χ0n) is 7.26. The Morgan fingerprint density at radius 3 is 3.15 bits per heavy atom. The van der Waals surface area contributed by atoms with Crippen LogP contribution in [0.5, 0.6) is 0 Å². The highest BCUT2D eigenvalue weighted by molar-refractivity contribution is 6.26. The van der Waals surface area contributed by atoms with Crippen molar-refractivity contribution < 1.29 is 4.39 Å². The summed E-state index contributed by atoms with van der Waals surface area (Å²) in [5, 5.41) is 3.27. The molecule has 0 aromatic heterocycles. The van der Waals surface area contributed by atoms with E-state index in [1.807, 2.05) is 0 Å². The van der Waals surface area contributed by atoms with Crippen LogP contribution in [0.1, 0.15) is 12.8 Å². The Hall–Kier alpha value is -0.410. The lowest BCUT2D eigenvalue weighted by Crippen LogP contribution is -2.45. The average Bonchev–Trinajstić information content (AvgIpc) is 2.55. The van der Waals surface area contributed by atoms with Gasteiger partial charge in [0.2, 0.25) is 0 Å². The van der Waals surface area contributed by atoms with Crippen LogP contribution in [-0.4, -0.2) is 30.2 Å². The van der Waals surface area contributed by atoms with Crippen molar-refractivity contribution in [1.82, 2.24) is 5.32 Å². The summed E-state index contributed by atoms with van der Waals surface area (Å²) in [6, 6.07) is 0.164. The van der Waals surface area contributed by atoms with Crippen LogP contribution >= 0.6 is 11.6 Å². The highest BCUT2D eigenvalue weighted by Crippen LogP contribution is 2.31. The van der Waals surface area contributed by atoms with Gasteiger partial charge in [-0.15, -0.1) is 11.6 Å². The second-order valence-electron chi connectivity index (χ2n) is 3.57. The standard InChI is InChI=1S/C9H12ClFN2/c10-9(8-2-1-3-13-8)4-7(11)5-12-6-9/h4-5,8,13H,1-3,6H2. The molecule has 1 N–H and O–H groups in total. The summed E-state index contributed by atoms with van der Waals surface area (Å²) in [7, 11) is 0. The molecule has 72 valence electrons. The van der Waals surface area contributed by atoms with E-state index in [1.54, 1.807) is 0 Å². The molecular weight excluding hydrogens is 191 g/mol. The van der Waals surface area contributed by atoms with Crippen molar-refractivity contribution in [3.63, 3.8) is 0 Å². The highest BCUT2D eigenvalue weighted by Gasteiger charge is 2.38. The fourth-order valence-electron chi connectivity index (χ4n) is 1.89. The van der Waals surface area contributed by atoms with E-state index in [9.17, 15) is 4.39 Å². The maximum atomic E-state index is 12.9. The van der Waals surface area contributed by atoms with Gasteiger partial charge in [0.25, 0.3) is 0 Å². The Kier molecular flexibility index (Phi) is 2.39. The van der Waals surface area contributed by atoms with E-state index >= 15 is 0 Å². The SMILES string of the molecule is FC1=CC(Cl)(C2CCCN2)CN=C1. The molecule has 1 saturated heterocycles. The van der Waals surface area contributed by atoms with Gasteiger partial charge in [0.05, 0.1) is 12.8 Å². The molecule has 2 rings (SSSR count). The first kappa shape index (κ1) is 9.16. The minimum Gasteiger partial charge on any atom is -0.312 e. The van der Waals surface area contributed by atoms with Gasteiger partial charge in [-0.3, -0.25) is 4.99 Å². The molecule has 13 heavy (non-hydrogen) atoms. The Balaban J connectivity index is 2.15. The molecule has 0 spiro atoms. The first-order valence-electron chi connectivity index (χ1n) is 4.51. The Labute approximate surface area is 81.9 Å². The fraction of sp³-hybridized carbons (Fsp3) is 0.667. The maximum absolute atomic E-state index is 12.9. The van der Waals surface area contributed by atoms with Crippen molar-refractivity contribution in [2.24, 2.45) is 4.99 Å². The lowest BCUT2D eigenvalue weighted by Gasteiger charge is -2.30. The van der Waals surface area contributed by atoms with Gasteiger partial charge in [-0.05, 0) is 25.5 Å². The lowest BCUT2D eigenvalue weighted by atomic mass is 9.95. The Morgan fingerprint density at radius 2 is 2.54 bits per heavy atom. The van der Waals surface area contributed by atoms with Crippen LogP contribution in [0.2, 0.25) is 0 Å². The zero-order chi connectivity index (χ0) is 9.31. The highest BCUT2D eigenvalue weighted by atomic mass is 35.5. The topological polar surface area (TPSA) is 24.4 Å². The van der Waals surface area contributed by atoms with Gasteiger partial charge < -0.3 is 5.32 Å². The van der Waals surface area contributed by atoms with Crippen molar-refractivity contribution in [2.75, 3.05) is 13.1 Å². The Bertz CT molecular complexity index is 258. The molecular formula is C9H12ClFN2. The molecule has 4 heteroatoms. The summed E-state index contributed by atoms with van der Waals surface area (Å²) < 4.78 is 12.9. The average molecular weight is 203 g/mol. The van der Waals surface area contributed by atoms with Crippen molar-refractivity contribution >= 4 is 17.8 Å². The molecule has 2 nitrogen and oxygen atoms in total. The molecule has 0 aromatic carbocycles. The van der Waals surface area contributed by atoms with Crippen LogP contribution in [0.15, 0.2) is 16.9 Å². The summed E-state index contributed by atoms with van der Waals surface area (Å²) in [4.78, 5) is 3.27. The normalized spacial score (nSPS) is 39.2. The van der Waals surface area contributed by atoms with Crippen molar-refractivity contribution in [2.45, 2.75) is 23.8 Å². The number of nitrogens with zero attached hydrogens (tertiary/aromatic N) is 1. The third-order valence-electron chi connectivity index (χ3n) is 2.57. The summed E-state index contributed by atoms with van der Waals surface area (Å²) in [6.07, 6.45) is 4.82. The van der Waals surface area contributed by atoms with E-state index in [-0.39, 0.29) is 11.9 Å². The predicted molar refractivity (Wildman–Crippen MR) is 52.2 cm³/mol. The summed E-state index contributed by atoms with van der Waals surface area (Å²) in [5.74, 6) is -0.324. The number of allylic oxidation sites excluding steroid dienone is 1. The first-order chi connectivity index (χ1) is 6.21. The molecule has 2 heterocycles. The summed E-state index contributed by atoms with van der Waals surface area (Å²) in [5.41, 5.74) is 0. The van der Waals surface area contributed by atoms with Gasteiger partial charge in [-0.1, -0.05) is 0 Å². The molecule has 0 saturated carbocycles. The second kappa shape index (κ2) is 3.39. The molecule has 0 bridgehead atoms. The molecule has 0 aliphatic carbocycles. The van der Waals surface area contributed by atoms with Crippen LogP contribution in [0.3, 0.4) is 0 Å². The molecule has 2 aliphatic heterocycles. The van der Waals surface area contributed by atoms with Crippen LogP contribution in [-0.2, 0) is 0 Å². The molecule has 2 unspecified atom stereocenters. The van der Waals surface area contributed by atoms with Gasteiger partial charge >= 0.3 is 0 Å². The first-order valence-corrected chi connectivity index (χ1v) is 4.89. The third-order valence-corrected chi connectivity index (χ3v) is 3.06. The van der Waals surface area contributed by atoms with E-state index in [1.165, 1.54) is 12.3 Å². The third kappa shape index (κ3) is 1.76. The quantitative estimate of drug-likeness (QED) is 0.643. The van der Waals surface area contributed by atoms with Gasteiger partial charge in [-0.25, -0.2) is 4.39 Å². The molecule has 2 aliphatic rings. The number of rotatable bonds is 1. The van der Waals surface area contributed by atoms with Crippen LogP contribution < -0.4 is 5.32 Å². The van der Waals surface area contributed by atoms with E-state index in [0.717, 1.165) is 19.4 Å². The largest absolute Gasteiger partial charge is 0.312 e. The smallest absolute Gasteiger partial charge is 0.138 e. The van der Waals surface area contributed by atoms with E-state index in [0.29, 0.717) is 6.54 Å². The number of dihydropyridines is 1. The lowest BCUT2D eigenvalue weighted by molar-refractivity contribution is 0.484. The summed E-state index contributed by atoms with van der Waals surface area (Å²) >= 11 is 6.28. The maximum Gasteiger partial charge on any atom is 0.138 e. The number of halogens is 2. The molecule has 0 radical (unpaired) electrons. The Morgan fingerprint density at radius 1 is 1.69 bits per heavy atom. The number of nitrogens with one attached hydrogen (secondary N) is 1. The molecule has 2 atom stereocenters. The van der Waals surface area contributed by atoms with E-state index < -0.39 is 4.87 Å². The molecule has 0 aromatic rings. The van der Waals surface area contributed by atoms with Gasteiger partial charge in [0.1, 0.15) is 10.7 Å². The number of hydrogen-bond acceptors (Lipinski definition) is 2. The van der Waals surface area contributed by atoms with Crippen molar-refractivity contribution in [3.8, 4) is 0 Å². The minimum absolute atomic E-state index is 0.164. The van der Waals surface area contributed by atoms with E-state index in [4.69, 9.17) is 11.6 Å². The predicted octanol–water partition coefficient (Wildman–Crippen LogP) is 1.65. The van der Waals surface area contributed by atoms with E-state index in [2.05, 4.69) is 10.3 Å². The minimum atomic E-state index is -0.644. The monoisotopic (exact) mass is 202 g/mol. The van der Waals surface area contributed by atoms with Crippen LogP contribution in [0.4, 0.5) is 4.39 Å². The summed E-state index contributed by atoms with van der Waals surface area (Å²) in [6.45, 7) is 1.44. The molecule has 1 fully saturated rings. The van der Waals surface area contributed by atoms with Gasteiger partial charge in [0, 0.05) is 6.04 Å². The van der Waals surface area contributed by atoms with Gasteiger partial charge in [-0.2, -0.15) is 0 Å². The van der Waals surface area contributed by atoms with Crippen molar-refractivity contribution in [1.29, 1.82) is 0 Å². The van der Waals surface area contributed by atoms with Crippen LogP contribution in [0, 0.1) is 0 Å². The molecule has 0 amide bonds. The van der Waals surface area contributed by atoms with Crippen molar-refractivity contribution in [3.05, 3.63) is 11.9 Å². The zero-order valence-corrected chi connectivity index (χ0v) is 8.02. The van der Waals surface area contributed by atoms with Gasteiger partial charge in [0.15, 0.2) is 0 Å². The number of aliphatic imine (C=N–C) groups is 1. The fourth-order valence-corrected chi connectivity index (χ4v) is 2.25. The second-order valence-corrected chi connectivity index (χ2v) is 4.28. The number of alkyl halides is 1. The van der Waals surface area contributed by atoms with Crippen LogP contribution in [0.25, 0.3) is 0 Å². The number of hydrogen-bond donors (Lipinski definition) is 1.